The van der Waals surface area contributed by atoms with Crippen molar-refractivity contribution < 1.29 is 10.2 Å². The van der Waals surface area contributed by atoms with Crippen LogP contribution in [-0.4, -0.2) is 46.4 Å². The molecule has 19 heavy (non-hydrogen) atoms. The molecule has 0 radical (unpaired) electrons. The molecule has 0 spiro atoms. The van der Waals surface area contributed by atoms with Gasteiger partial charge in [-0.2, -0.15) is 23.5 Å². The van der Waals surface area contributed by atoms with Crippen LogP contribution in [0.4, 0.5) is 0 Å². The third-order valence-electron chi connectivity index (χ3n) is 3.28. The molecule has 0 aliphatic rings. The number of hydrogen-bond acceptors (Lipinski definition) is 4. The van der Waals surface area contributed by atoms with Gasteiger partial charge < -0.3 is 10.2 Å². The molecule has 0 aromatic rings. The van der Waals surface area contributed by atoms with Crippen LogP contribution in [0.5, 0.6) is 0 Å². The molecule has 0 heterocycles. The maximum absolute atomic E-state index is 9.15. The summed E-state index contributed by atoms with van der Waals surface area (Å²) < 4.78 is 0. The summed E-state index contributed by atoms with van der Waals surface area (Å²) in [6.45, 7) is 9.03. The van der Waals surface area contributed by atoms with Gasteiger partial charge in [-0.3, -0.25) is 0 Å². The van der Waals surface area contributed by atoms with Crippen LogP contribution in [0, 0.1) is 10.8 Å². The molecule has 0 atom stereocenters. The minimum absolute atomic E-state index is 0.0810. The first-order chi connectivity index (χ1) is 8.83. The van der Waals surface area contributed by atoms with Crippen LogP contribution in [0.2, 0.25) is 0 Å². The van der Waals surface area contributed by atoms with E-state index in [2.05, 4.69) is 27.7 Å². The van der Waals surface area contributed by atoms with Crippen LogP contribution < -0.4 is 0 Å². The first-order valence-corrected chi connectivity index (χ1v) is 9.51. The summed E-state index contributed by atoms with van der Waals surface area (Å²) in [6.07, 6.45) is 3.44. The van der Waals surface area contributed by atoms with Gasteiger partial charge >= 0.3 is 0 Å². The van der Waals surface area contributed by atoms with Crippen molar-refractivity contribution in [3.63, 3.8) is 0 Å². The Morgan fingerprint density at radius 3 is 1.37 bits per heavy atom. The van der Waals surface area contributed by atoms with Crippen LogP contribution in [0.15, 0.2) is 0 Å². The maximum Gasteiger partial charge on any atom is 0.0482 e. The summed E-state index contributed by atoms with van der Waals surface area (Å²) in [5, 5.41) is 18.3. The van der Waals surface area contributed by atoms with E-state index in [-0.39, 0.29) is 24.0 Å². The molecule has 0 aromatic carbocycles. The van der Waals surface area contributed by atoms with E-state index in [1.807, 2.05) is 23.5 Å². The molecule has 0 bridgehead atoms. The van der Waals surface area contributed by atoms with Crippen LogP contribution in [0.3, 0.4) is 0 Å². The highest BCUT2D eigenvalue weighted by Gasteiger charge is 2.16. The Kier molecular flexibility index (Phi) is 10.7. The van der Waals surface area contributed by atoms with Gasteiger partial charge in [0.15, 0.2) is 0 Å². The fourth-order valence-corrected chi connectivity index (χ4v) is 4.00. The molecule has 0 fully saturated rings. The van der Waals surface area contributed by atoms with Crippen molar-refractivity contribution in [2.75, 3.05) is 36.2 Å². The number of aliphatic hydroxyl groups excluding tert-OH is 2. The van der Waals surface area contributed by atoms with E-state index in [0.29, 0.717) is 0 Å². The lowest BCUT2D eigenvalue weighted by atomic mass is 9.92. The molecule has 0 amide bonds. The Labute approximate surface area is 128 Å². The van der Waals surface area contributed by atoms with Crippen molar-refractivity contribution in [3.8, 4) is 0 Å². The molecule has 0 saturated carbocycles. The van der Waals surface area contributed by atoms with Crippen LogP contribution in [0.25, 0.3) is 0 Å². The Morgan fingerprint density at radius 2 is 1.05 bits per heavy atom. The van der Waals surface area contributed by atoms with Gasteiger partial charge in [0.25, 0.3) is 0 Å². The summed E-state index contributed by atoms with van der Waals surface area (Å²) in [5.41, 5.74) is 0.162. The monoisotopic (exact) mass is 308 g/mol. The van der Waals surface area contributed by atoms with Gasteiger partial charge in [-0.15, -0.1) is 0 Å². The first-order valence-electron chi connectivity index (χ1n) is 7.20. The van der Waals surface area contributed by atoms with Crippen molar-refractivity contribution in [2.24, 2.45) is 10.8 Å². The maximum atomic E-state index is 9.15. The van der Waals surface area contributed by atoms with Gasteiger partial charge in [-0.1, -0.05) is 27.7 Å². The minimum Gasteiger partial charge on any atom is -0.396 e. The Balaban J connectivity index is 3.29. The second kappa shape index (κ2) is 10.4. The average Bonchev–Trinajstić information content (AvgIpc) is 2.36. The van der Waals surface area contributed by atoms with Gasteiger partial charge in [0.2, 0.25) is 0 Å². The van der Waals surface area contributed by atoms with Crippen molar-refractivity contribution in [1.82, 2.24) is 0 Å². The summed E-state index contributed by atoms with van der Waals surface area (Å²) in [4.78, 5) is 0. The smallest absolute Gasteiger partial charge is 0.0482 e. The fourth-order valence-electron chi connectivity index (χ4n) is 1.32. The van der Waals surface area contributed by atoms with Crippen molar-refractivity contribution in [3.05, 3.63) is 0 Å². The fraction of sp³-hybridized carbons (Fsp3) is 1.00. The van der Waals surface area contributed by atoms with E-state index < -0.39 is 0 Å². The van der Waals surface area contributed by atoms with Gasteiger partial charge in [-0.05, 0) is 53.1 Å². The Bertz CT molecular complexity index is 196. The second-order valence-corrected chi connectivity index (χ2v) is 9.17. The number of aliphatic hydroxyl groups is 2. The Hall–Kier alpha value is 0.620. The highest BCUT2D eigenvalue weighted by atomic mass is 32.2. The van der Waals surface area contributed by atoms with E-state index >= 15 is 0 Å². The zero-order chi connectivity index (χ0) is 14.8. The van der Waals surface area contributed by atoms with Crippen LogP contribution >= 0.6 is 23.5 Å². The summed E-state index contributed by atoms with van der Waals surface area (Å²) in [7, 11) is 0. The molecule has 116 valence electrons. The Morgan fingerprint density at radius 1 is 0.684 bits per heavy atom. The lowest BCUT2D eigenvalue weighted by Gasteiger charge is -2.21. The van der Waals surface area contributed by atoms with Crippen LogP contribution in [-0.2, 0) is 0 Å². The van der Waals surface area contributed by atoms with E-state index in [1.165, 1.54) is 17.9 Å². The highest BCUT2D eigenvalue weighted by molar-refractivity contribution is 8.00. The van der Waals surface area contributed by atoms with E-state index in [0.717, 1.165) is 24.3 Å². The number of hydrogen-bond donors (Lipinski definition) is 2. The van der Waals surface area contributed by atoms with Gasteiger partial charge in [0.05, 0.1) is 0 Å². The molecular weight excluding hydrogens is 276 g/mol. The normalized spacial score (nSPS) is 12.9. The molecule has 0 rings (SSSR count). The lowest BCUT2D eigenvalue weighted by molar-refractivity contribution is 0.157. The van der Waals surface area contributed by atoms with Gasteiger partial charge in [0.1, 0.15) is 0 Å². The molecular formula is C15H32O2S2. The lowest BCUT2D eigenvalue weighted by Crippen LogP contribution is -2.17. The van der Waals surface area contributed by atoms with Crippen LogP contribution in [0.1, 0.15) is 47.0 Å². The van der Waals surface area contributed by atoms with Crippen molar-refractivity contribution in [1.29, 1.82) is 0 Å². The minimum atomic E-state index is 0.0810. The zero-order valence-electron chi connectivity index (χ0n) is 13.1. The van der Waals surface area contributed by atoms with Crippen molar-refractivity contribution in [2.45, 2.75) is 47.0 Å². The van der Waals surface area contributed by atoms with E-state index in [9.17, 15) is 0 Å². The van der Waals surface area contributed by atoms with Gasteiger partial charge in [-0.25, -0.2) is 0 Å². The molecule has 0 aliphatic heterocycles. The largest absolute Gasteiger partial charge is 0.396 e. The highest BCUT2D eigenvalue weighted by Crippen LogP contribution is 2.23. The average molecular weight is 309 g/mol. The molecule has 2 N–H and O–H groups in total. The zero-order valence-corrected chi connectivity index (χ0v) is 14.7. The molecule has 0 aliphatic carbocycles. The summed E-state index contributed by atoms with van der Waals surface area (Å²) in [6, 6.07) is 0. The summed E-state index contributed by atoms with van der Waals surface area (Å²) >= 11 is 4.00. The quantitative estimate of drug-likeness (QED) is 0.540. The van der Waals surface area contributed by atoms with E-state index in [4.69, 9.17) is 10.2 Å². The van der Waals surface area contributed by atoms with Gasteiger partial charge in [0, 0.05) is 13.2 Å². The standard InChI is InChI=1S/C15H32O2S2/c1-14(2,12-16)6-10-18-8-5-9-19-11-7-15(3,4)13-17/h16-17H,5-13H2,1-4H3. The third-order valence-corrected chi connectivity index (χ3v) is 5.42. The predicted molar refractivity (Wildman–Crippen MR) is 90.2 cm³/mol. The predicted octanol–water partition coefficient (Wildman–Crippen LogP) is 3.66. The molecule has 4 heteroatoms. The first kappa shape index (κ1) is 19.6. The third kappa shape index (κ3) is 12.1. The van der Waals surface area contributed by atoms with Crippen molar-refractivity contribution >= 4 is 23.5 Å². The molecule has 0 unspecified atom stereocenters. The molecule has 0 saturated heterocycles. The molecule has 0 aromatic heterocycles. The summed E-state index contributed by atoms with van der Waals surface area (Å²) in [5.74, 6) is 4.74. The second-order valence-electron chi connectivity index (χ2n) is 6.72. The SMILES string of the molecule is CC(C)(CO)CCSCCCSCCC(C)(C)CO. The number of rotatable bonds is 12. The van der Waals surface area contributed by atoms with E-state index in [1.54, 1.807) is 0 Å². The number of thioether (sulfide) groups is 2. The molecule has 2 nitrogen and oxygen atoms in total. The topological polar surface area (TPSA) is 40.5 Å².